The van der Waals surface area contributed by atoms with Crippen LogP contribution in [-0.2, 0) is 6.42 Å². The standard InChI is InChI=1S/C11H10/c1-2-9-5-3-6-10-7-4-8-11(9)10/h2-7H,1,8H2. The molecule has 11 heavy (non-hydrogen) atoms. The molecule has 0 nitrogen and oxygen atoms in total. The number of benzene rings is 1. The summed E-state index contributed by atoms with van der Waals surface area (Å²) in [6, 6.07) is 6.33. The van der Waals surface area contributed by atoms with E-state index in [9.17, 15) is 0 Å². The van der Waals surface area contributed by atoms with Crippen LogP contribution < -0.4 is 0 Å². The van der Waals surface area contributed by atoms with Gasteiger partial charge >= 0.3 is 0 Å². The number of hydrogen-bond acceptors (Lipinski definition) is 0. The highest BCUT2D eigenvalue weighted by Crippen LogP contribution is 2.23. The van der Waals surface area contributed by atoms with Gasteiger partial charge in [0.25, 0.3) is 0 Å². The van der Waals surface area contributed by atoms with Crippen LogP contribution in [0.15, 0.2) is 30.9 Å². The van der Waals surface area contributed by atoms with Gasteiger partial charge in [0.1, 0.15) is 0 Å². The molecule has 54 valence electrons. The Labute approximate surface area is 66.9 Å². The van der Waals surface area contributed by atoms with Crippen molar-refractivity contribution in [3.8, 4) is 0 Å². The zero-order valence-electron chi connectivity index (χ0n) is 6.38. The summed E-state index contributed by atoms with van der Waals surface area (Å²) in [4.78, 5) is 0. The average Bonchev–Trinajstić information content (AvgIpc) is 2.50. The third-order valence-corrected chi connectivity index (χ3v) is 2.09. The van der Waals surface area contributed by atoms with Crippen LogP contribution in [-0.4, -0.2) is 0 Å². The maximum Gasteiger partial charge on any atom is -0.00822 e. The molecule has 0 saturated carbocycles. The summed E-state index contributed by atoms with van der Waals surface area (Å²) in [6.07, 6.45) is 7.35. The summed E-state index contributed by atoms with van der Waals surface area (Å²) in [6.45, 7) is 3.78. The summed E-state index contributed by atoms with van der Waals surface area (Å²) in [5, 5.41) is 0. The van der Waals surface area contributed by atoms with Gasteiger partial charge in [-0.2, -0.15) is 0 Å². The van der Waals surface area contributed by atoms with Gasteiger partial charge < -0.3 is 0 Å². The second-order valence-electron chi connectivity index (χ2n) is 2.73. The minimum Gasteiger partial charge on any atom is -0.0985 e. The summed E-state index contributed by atoms with van der Waals surface area (Å²) in [5.41, 5.74) is 4.04. The summed E-state index contributed by atoms with van der Waals surface area (Å²) in [5.74, 6) is 0. The van der Waals surface area contributed by atoms with E-state index in [1.165, 1.54) is 16.7 Å². The number of allylic oxidation sites excluding steroid dienone is 1. The highest BCUT2D eigenvalue weighted by atomic mass is 14.1. The van der Waals surface area contributed by atoms with E-state index in [4.69, 9.17) is 0 Å². The third-order valence-electron chi connectivity index (χ3n) is 2.09. The molecule has 0 radical (unpaired) electrons. The second-order valence-corrected chi connectivity index (χ2v) is 2.73. The second kappa shape index (κ2) is 2.39. The van der Waals surface area contributed by atoms with Gasteiger partial charge in [-0.1, -0.05) is 43.0 Å². The molecule has 0 aromatic heterocycles. The quantitative estimate of drug-likeness (QED) is 0.565. The monoisotopic (exact) mass is 142 g/mol. The lowest BCUT2D eigenvalue weighted by atomic mass is 10.0. The Bertz CT molecular complexity index is 319. The van der Waals surface area contributed by atoms with Crippen molar-refractivity contribution in [2.45, 2.75) is 6.42 Å². The summed E-state index contributed by atoms with van der Waals surface area (Å²) >= 11 is 0. The Morgan fingerprint density at radius 1 is 1.36 bits per heavy atom. The van der Waals surface area contributed by atoms with Crippen molar-refractivity contribution in [1.29, 1.82) is 0 Å². The van der Waals surface area contributed by atoms with Gasteiger partial charge in [-0.05, 0) is 23.1 Å². The molecule has 0 unspecified atom stereocenters. The first kappa shape index (κ1) is 6.41. The van der Waals surface area contributed by atoms with Gasteiger partial charge in [-0.15, -0.1) is 0 Å². The highest BCUT2D eigenvalue weighted by Gasteiger charge is 2.06. The SMILES string of the molecule is C=Cc1cccc2c1CC=C2. The van der Waals surface area contributed by atoms with Crippen molar-refractivity contribution >= 4 is 12.2 Å². The zero-order chi connectivity index (χ0) is 7.68. The Balaban J connectivity index is 2.63. The molecular weight excluding hydrogens is 132 g/mol. The molecule has 0 heteroatoms. The van der Waals surface area contributed by atoms with Gasteiger partial charge in [-0.25, -0.2) is 0 Å². The predicted octanol–water partition coefficient (Wildman–Crippen LogP) is 2.90. The first-order valence-corrected chi connectivity index (χ1v) is 3.82. The Kier molecular flexibility index (Phi) is 1.39. The van der Waals surface area contributed by atoms with Crippen LogP contribution >= 0.6 is 0 Å². The summed E-state index contributed by atoms with van der Waals surface area (Å²) < 4.78 is 0. The van der Waals surface area contributed by atoms with Crippen LogP contribution in [0.25, 0.3) is 12.2 Å². The molecule has 0 spiro atoms. The topological polar surface area (TPSA) is 0 Å². The summed E-state index contributed by atoms with van der Waals surface area (Å²) in [7, 11) is 0. The lowest BCUT2D eigenvalue weighted by Gasteiger charge is -2.01. The lowest BCUT2D eigenvalue weighted by molar-refractivity contribution is 1.30. The molecule has 1 aromatic carbocycles. The minimum atomic E-state index is 1.07. The molecule has 0 saturated heterocycles. The van der Waals surface area contributed by atoms with Crippen LogP contribution in [0, 0.1) is 0 Å². The van der Waals surface area contributed by atoms with Crippen molar-refractivity contribution in [3.05, 3.63) is 47.5 Å². The van der Waals surface area contributed by atoms with Crippen molar-refractivity contribution in [1.82, 2.24) is 0 Å². The number of hydrogen-bond donors (Lipinski definition) is 0. The third kappa shape index (κ3) is 0.911. The first-order valence-electron chi connectivity index (χ1n) is 3.82. The molecule has 1 aromatic rings. The van der Waals surface area contributed by atoms with E-state index in [0.29, 0.717) is 0 Å². The minimum absolute atomic E-state index is 1.07. The molecule has 0 atom stereocenters. The van der Waals surface area contributed by atoms with Crippen molar-refractivity contribution < 1.29 is 0 Å². The Hall–Kier alpha value is -1.30. The van der Waals surface area contributed by atoms with Gasteiger partial charge in [0.05, 0.1) is 0 Å². The molecule has 2 rings (SSSR count). The normalized spacial score (nSPS) is 13.1. The lowest BCUT2D eigenvalue weighted by Crippen LogP contribution is -1.85. The van der Waals surface area contributed by atoms with Crippen LogP contribution in [0.3, 0.4) is 0 Å². The molecule has 0 bridgehead atoms. The predicted molar refractivity (Wildman–Crippen MR) is 49.3 cm³/mol. The number of fused-ring (bicyclic) bond motifs is 1. The van der Waals surface area contributed by atoms with Crippen molar-refractivity contribution in [2.75, 3.05) is 0 Å². The van der Waals surface area contributed by atoms with Gasteiger partial charge in [0.15, 0.2) is 0 Å². The maximum absolute atomic E-state index is 3.78. The largest absolute Gasteiger partial charge is 0.0985 e. The van der Waals surface area contributed by atoms with E-state index in [0.717, 1.165) is 6.42 Å². The molecular formula is C11H10. The molecule has 1 aliphatic rings. The zero-order valence-corrected chi connectivity index (χ0v) is 6.38. The fourth-order valence-corrected chi connectivity index (χ4v) is 1.51. The molecule has 0 N–H and O–H groups in total. The van der Waals surface area contributed by atoms with E-state index in [2.05, 4.69) is 36.9 Å². The molecule has 0 amide bonds. The van der Waals surface area contributed by atoms with E-state index < -0.39 is 0 Å². The highest BCUT2D eigenvalue weighted by molar-refractivity contribution is 5.67. The van der Waals surface area contributed by atoms with E-state index in [1.807, 2.05) is 6.08 Å². The smallest absolute Gasteiger partial charge is 0.00822 e. The average molecular weight is 142 g/mol. The molecule has 0 fully saturated rings. The van der Waals surface area contributed by atoms with Gasteiger partial charge in [0.2, 0.25) is 0 Å². The van der Waals surface area contributed by atoms with Gasteiger partial charge in [0, 0.05) is 0 Å². The van der Waals surface area contributed by atoms with Crippen molar-refractivity contribution in [3.63, 3.8) is 0 Å². The molecule has 1 aliphatic carbocycles. The van der Waals surface area contributed by atoms with E-state index >= 15 is 0 Å². The van der Waals surface area contributed by atoms with Crippen LogP contribution in [0.4, 0.5) is 0 Å². The molecule has 0 heterocycles. The van der Waals surface area contributed by atoms with Crippen LogP contribution in [0.5, 0.6) is 0 Å². The van der Waals surface area contributed by atoms with Gasteiger partial charge in [-0.3, -0.25) is 0 Å². The Morgan fingerprint density at radius 2 is 2.27 bits per heavy atom. The molecule has 0 aliphatic heterocycles. The van der Waals surface area contributed by atoms with Crippen molar-refractivity contribution in [2.24, 2.45) is 0 Å². The van der Waals surface area contributed by atoms with Crippen LogP contribution in [0.2, 0.25) is 0 Å². The first-order chi connectivity index (χ1) is 5.42. The Morgan fingerprint density at radius 3 is 3.09 bits per heavy atom. The fraction of sp³-hybridized carbons (Fsp3) is 0.0909. The van der Waals surface area contributed by atoms with E-state index in [1.54, 1.807) is 0 Å². The number of rotatable bonds is 1. The van der Waals surface area contributed by atoms with Crippen LogP contribution in [0.1, 0.15) is 16.7 Å². The maximum atomic E-state index is 3.78. The fourth-order valence-electron chi connectivity index (χ4n) is 1.51. The van der Waals surface area contributed by atoms with E-state index in [-0.39, 0.29) is 0 Å².